The summed E-state index contributed by atoms with van der Waals surface area (Å²) in [4.78, 5) is 34.4. The average Bonchev–Trinajstić information content (AvgIpc) is 2.99. The first kappa shape index (κ1) is 40.9. The van der Waals surface area contributed by atoms with E-state index in [2.05, 4.69) is 30.5 Å². The number of hydrogen-bond donors (Lipinski definition) is 3. The number of hydrogen-bond acceptors (Lipinski definition) is 9. The van der Waals surface area contributed by atoms with Gasteiger partial charge in [-0.15, -0.1) is 0 Å². The van der Waals surface area contributed by atoms with E-state index in [9.17, 15) is 24.2 Å². The smallest absolute Gasteiger partial charge is 0.462 e. The van der Waals surface area contributed by atoms with Crippen molar-refractivity contribution in [1.82, 2.24) is 0 Å². The lowest BCUT2D eigenvalue weighted by Gasteiger charge is -2.20. The number of carbonyl (C=O) groups excluding carboxylic acids is 2. The van der Waals surface area contributed by atoms with Crippen LogP contribution < -0.4 is 0 Å². The van der Waals surface area contributed by atoms with E-state index in [0.29, 0.717) is 12.8 Å². The largest absolute Gasteiger partial charge is 0.472 e. The van der Waals surface area contributed by atoms with Gasteiger partial charge in [0.1, 0.15) is 12.7 Å². The van der Waals surface area contributed by atoms with Gasteiger partial charge in [0.15, 0.2) is 6.10 Å². The molecule has 0 radical (unpaired) electrons. The number of carbonyl (C=O) groups is 2. The second-order valence-electron chi connectivity index (χ2n) is 10.2. The highest BCUT2D eigenvalue weighted by molar-refractivity contribution is 7.47. The minimum Gasteiger partial charge on any atom is -0.462 e. The lowest BCUT2D eigenvalue weighted by Crippen LogP contribution is -2.29. The molecule has 0 aromatic carbocycles. The summed E-state index contributed by atoms with van der Waals surface area (Å²) in [6.07, 6.45) is 25.6. The number of phosphoric acid groups is 1. The van der Waals surface area contributed by atoms with Crippen LogP contribution in [0.5, 0.6) is 0 Å². The first-order chi connectivity index (χ1) is 20.7. The number of unbranched alkanes of at least 4 members (excludes halogenated alkanes) is 8. The van der Waals surface area contributed by atoms with Crippen LogP contribution in [0, 0.1) is 0 Å². The van der Waals surface area contributed by atoms with Crippen LogP contribution in [-0.4, -0.2) is 65.7 Å². The van der Waals surface area contributed by atoms with Crippen molar-refractivity contribution in [2.45, 2.75) is 116 Å². The molecule has 0 aromatic heterocycles. The Morgan fingerprint density at radius 1 is 0.721 bits per heavy atom. The second kappa shape index (κ2) is 28.7. The van der Waals surface area contributed by atoms with Gasteiger partial charge in [-0.3, -0.25) is 18.6 Å². The number of rotatable bonds is 28. The third-order valence-corrected chi connectivity index (χ3v) is 6.99. The summed E-state index contributed by atoms with van der Waals surface area (Å²) in [7, 11) is -4.61. The molecule has 0 aromatic rings. The Morgan fingerprint density at radius 2 is 1.35 bits per heavy atom. The second-order valence-corrected chi connectivity index (χ2v) is 11.6. The topological polar surface area (TPSA) is 149 Å². The fourth-order valence-electron chi connectivity index (χ4n) is 3.60. The van der Waals surface area contributed by atoms with Crippen LogP contribution >= 0.6 is 7.82 Å². The molecule has 0 aliphatic heterocycles. The van der Waals surface area contributed by atoms with E-state index in [1.165, 1.54) is 0 Å². The third kappa shape index (κ3) is 28.5. The summed E-state index contributed by atoms with van der Waals surface area (Å²) in [5.41, 5.74) is 0. The molecule has 2 unspecified atom stereocenters. The van der Waals surface area contributed by atoms with Crippen molar-refractivity contribution in [3.8, 4) is 0 Å². The molecule has 0 rings (SSSR count). The summed E-state index contributed by atoms with van der Waals surface area (Å²) in [5.74, 6) is -1.02. The van der Waals surface area contributed by atoms with E-state index in [1.807, 2.05) is 36.5 Å². The summed E-state index contributed by atoms with van der Waals surface area (Å²) in [6, 6.07) is 0. The highest BCUT2D eigenvalue weighted by Crippen LogP contribution is 2.43. The minimum absolute atomic E-state index is 0.148. The number of esters is 2. The van der Waals surface area contributed by atoms with Gasteiger partial charge in [0.25, 0.3) is 0 Å². The van der Waals surface area contributed by atoms with Gasteiger partial charge in [-0.05, 0) is 44.9 Å². The molecule has 0 saturated heterocycles. The summed E-state index contributed by atoms with van der Waals surface area (Å²) in [5, 5.41) is 18.2. The van der Waals surface area contributed by atoms with Gasteiger partial charge >= 0.3 is 19.8 Å². The number of allylic oxidation sites excluding steroid dienone is 8. The molecule has 11 heteroatoms. The Morgan fingerprint density at radius 3 is 2.07 bits per heavy atom. The molecule has 43 heavy (non-hydrogen) atoms. The maximum atomic E-state index is 12.4. The van der Waals surface area contributed by atoms with Crippen LogP contribution in [0.3, 0.4) is 0 Å². The van der Waals surface area contributed by atoms with Crippen molar-refractivity contribution in [2.24, 2.45) is 0 Å². The van der Waals surface area contributed by atoms with E-state index in [-0.39, 0.29) is 19.4 Å². The normalized spacial score (nSPS) is 15.0. The molecule has 0 fully saturated rings. The molecular formula is C32H55O10P. The predicted molar refractivity (Wildman–Crippen MR) is 168 cm³/mol. The zero-order chi connectivity index (χ0) is 32.0. The Labute approximate surface area is 258 Å². The fourth-order valence-corrected chi connectivity index (χ4v) is 4.38. The zero-order valence-corrected chi connectivity index (χ0v) is 27.0. The third-order valence-electron chi connectivity index (χ3n) is 6.04. The molecule has 0 amide bonds. The molecule has 10 nitrogen and oxygen atoms in total. The van der Waals surface area contributed by atoms with Crippen molar-refractivity contribution in [1.29, 1.82) is 0 Å². The standard InChI is InChI=1S/C32H55O10P/c1-3-5-7-9-11-12-13-14-15-16-18-20-22-24-32(36)42-30(28-41-43(37,38)40-26-29(34)25-33)27-39-31(35)23-21-19-17-10-8-6-4-2/h5,7,9,11-13,17,19,29-30,33-34H,3-4,6,8,10,14-16,18,20-28H2,1-2H3,(H,37,38)/b7-5+,11-9+,13-12+,19-17+/t29-,30?/m0/s1. The zero-order valence-electron chi connectivity index (χ0n) is 26.1. The van der Waals surface area contributed by atoms with Crippen LogP contribution in [-0.2, 0) is 32.7 Å². The van der Waals surface area contributed by atoms with E-state index in [0.717, 1.165) is 64.2 Å². The SMILES string of the molecule is CC/C=C/C=C/C=C/CCCCCCCC(=O)OC(COC(=O)CC/C=C/CCCCC)COP(=O)(O)OC[C@@H](O)CO. The van der Waals surface area contributed by atoms with Crippen molar-refractivity contribution in [2.75, 3.05) is 26.4 Å². The molecular weight excluding hydrogens is 575 g/mol. The van der Waals surface area contributed by atoms with Crippen LogP contribution in [0.2, 0.25) is 0 Å². The Hall–Kier alpha value is -2.07. The minimum atomic E-state index is -4.61. The Kier molecular flexibility index (Phi) is 27.3. The average molecular weight is 631 g/mol. The first-order valence-electron chi connectivity index (χ1n) is 15.6. The number of ether oxygens (including phenoxy) is 2. The Bertz CT molecular complexity index is 868. The number of aliphatic hydroxyl groups excluding tert-OH is 2. The van der Waals surface area contributed by atoms with Crippen LogP contribution in [0.4, 0.5) is 0 Å². The van der Waals surface area contributed by atoms with Gasteiger partial charge in [0.05, 0.1) is 19.8 Å². The van der Waals surface area contributed by atoms with Gasteiger partial charge in [0.2, 0.25) is 0 Å². The van der Waals surface area contributed by atoms with E-state index in [1.54, 1.807) is 0 Å². The molecule has 0 aliphatic carbocycles. The molecule has 0 spiro atoms. The lowest BCUT2D eigenvalue weighted by molar-refractivity contribution is -0.161. The number of phosphoric ester groups is 1. The molecule has 0 aliphatic rings. The van der Waals surface area contributed by atoms with E-state index < -0.39 is 51.8 Å². The Balaban J connectivity index is 4.54. The van der Waals surface area contributed by atoms with Crippen LogP contribution in [0.15, 0.2) is 48.6 Å². The van der Waals surface area contributed by atoms with Gasteiger partial charge in [-0.2, -0.15) is 0 Å². The molecule has 0 saturated carbocycles. The fraction of sp³-hybridized carbons (Fsp3) is 0.688. The van der Waals surface area contributed by atoms with E-state index in [4.69, 9.17) is 19.1 Å². The van der Waals surface area contributed by atoms with Crippen molar-refractivity contribution >= 4 is 19.8 Å². The molecule has 0 heterocycles. The van der Waals surface area contributed by atoms with Gasteiger partial charge in [-0.25, -0.2) is 4.57 Å². The molecule has 248 valence electrons. The van der Waals surface area contributed by atoms with Gasteiger partial charge in [0, 0.05) is 12.8 Å². The monoisotopic (exact) mass is 630 g/mol. The predicted octanol–water partition coefficient (Wildman–Crippen LogP) is 6.65. The van der Waals surface area contributed by atoms with Crippen molar-refractivity contribution < 1.29 is 47.8 Å². The summed E-state index contributed by atoms with van der Waals surface area (Å²) >= 11 is 0. The summed E-state index contributed by atoms with van der Waals surface area (Å²) in [6.45, 7) is 2.05. The van der Waals surface area contributed by atoms with Crippen molar-refractivity contribution in [3.05, 3.63) is 48.6 Å². The van der Waals surface area contributed by atoms with Crippen molar-refractivity contribution in [3.63, 3.8) is 0 Å². The lowest BCUT2D eigenvalue weighted by atomic mass is 10.1. The molecule has 3 atom stereocenters. The molecule has 3 N–H and O–H groups in total. The van der Waals surface area contributed by atoms with E-state index >= 15 is 0 Å². The van der Waals surface area contributed by atoms with Gasteiger partial charge < -0.3 is 24.6 Å². The first-order valence-corrected chi connectivity index (χ1v) is 17.1. The quantitative estimate of drug-likeness (QED) is 0.0282. The molecule has 0 bridgehead atoms. The van der Waals surface area contributed by atoms with Crippen LogP contribution in [0.1, 0.15) is 104 Å². The highest BCUT2D eigenvalue weighted by Gasteiger charge is 2.27. The van der Waals surface area contributed by atoms with Crippen LogP contribution in [0.25, 0.3) is 0 Å². The number of aliphatic hydroxyl groups is 2. The van der Waals surface area contributed by atoms with Gasteiger partial charge in [-0.1, -0.05) is 94.6 Å². The summed E-state index contributed by atoms with van der Waals surface area (Å²) < 4.78 is 32.2. The maximum Gasteiger partial charge on any atom is 0.472 e. The highest BCUT2D eigenvalue weighted by atomic mass is 31.2. The maximum absolute atomic E-state index is 12.4.